The van der Waals surface area contributed by atoms with Crippen LogP contribution >= 0.6 is 0 Å². The number of amides is 1. The molecule has 1 aromatic rings. The second kappa shape index (κ2) is 15.9. The van der Waals surface area contributed by atoms with E-state index < -0.39 is 30.2 Å². The van der Waals surface area contributed by atoms with Crippen LogP contribution < -0.4 is 15.4 Å². The summed E-state index contributed by atoms with van der Waals surface area (Å²) >= 11 is -5.15. The number of nitrogens with two attached hydrogens (primary N) is 1. The van der Waals surface area contributed by atoms with Crippen molar-refractivity contribution in [2.24, 2.45) is 11.7 Å². The Labute approximate surface area is 187 Å². The van der Waals surface area contributed by atoms with Crippen LogP contribution in [0.4, 0.5) is 5.69 Å². The molecule has 1 unspecified atom stereocenters. The fourth-order valence-corrected chi connectivity index (χ4v) is 4.56. The average molecular weight is 504 g/mol. The Balaban J connectivity index is 0.000000519. The maximum atomic E-state index is 11.0. The van der Waals surface area contributed by atoms with Gasteiger partial charge in [-0.3, -0.25) is 4.79 Å². The second-order valence-electron chi connectivity index (χ2n) is 7.56. The van der Waals surface area contributed by atoms with Gasteiger partial charge in [-0.15, -0.1) is 0 Å². The van der Waals surface area contributed by atoms with Crippen molar-refractivity contribution in [3.63, 3.8) is 0 Å². The molecule has 0 bridgehead atoms. The molecule has 1 aliphatic carbocycles. The van der Waals surface area contributed by atoms with E-state index in [-0.39, 0.29) is 12.2 Å². The van der Waals surface area contributed by atoms with Gasteiger partial charge in [-0.25, -0.2) is 0 Å². The summed E-state index contributed by atoms with van der Waals surface area (Å²) in [5.41, 5.74) is 6.08. The molecule has 31 heavy (non-hydrogen) atoms. The first kappa shape index (κ1) is 29.2. The van der Waals surface area contributed by atoms with E-state index in [1.54, 1.807) is 0 Å². The zero-order valence-electron chi connectivity index (χ0n) is 18.4. The number of anilines is 1. The predicted octanol–water partition coefficient (Wildman–Crippen LogP) is 2.09. The van der Waals surface area contributed by atoms with Crippen molar-refractivity contribution >= 4 is 36.6 Å². The van der Waals surface area contributed by atoms with E-state index in [9.17, 15) is 13.6 Å². The molecule has 1 aliphatic rings. The van der Waals surface area contributed by atoms with Crippen molar-refractivity contribution in [3.8, 4) is 5.75 Å². The summed E-state index contributed by atoms with van der Waals surface area (Å²) < 4.78 is 28.4. The molecular weight excluding hydrogens is 467 g/mol. The number of hydrogen-bond acceptors (Lipinski definition) is 5. The van der Waals surface area contributed by atoms with Crippen LogP contribution in [0.2, 0.25) is 0 Å². The van der Waals surface area contributed by atoms with Crippen LogP contribution in [0, 0.1) is 5.92 Å². The van der Waals surface area contributed by atoms with Crippen LogP contribution in [0.25, 0.3) is 0 Å². The smallest absolute Gasteiger partial charge is 0.290 e. The minimum absolute atomic E-state index is 0.00951. The Morgan fingerprint density at radius 3 is 2.29 bits per heavy atom. The van der Waals surface area contributed by atoms with Gasteiger partial charge < -0.3 is 10.8 Å². The Morgan fingerprint density at radius 1 is 1.26 bits per heavy atom. The number of nitrogens with one attached hydrogen (secondary N) is 1. The number of hydrogen-bond donors (Lipinski definition) is 6. The SMILES string of the molecule is CC(=O)Nc1cccc([As](=O)(O)O)c1O.CCCCCCCC(N)C1CCC1.O=CO. The number of carbonyl (C=O) groups is 2. The molecule has 0 saturated heterocycles. The van der Waals surface area contributed by atoms with Crippen LogP contribution in [-0.2, 0) is 13.3 Å². The van der Waals surface area contributed by atoms with E-state index in [2.05, 4.69) is 12.2 Å². The molecule has 1 amide bonds. The number of rotatable bonds is 9. The van der Waals surface area contributed by atoms with Gasteiger partial charge in [-0.2, -0.15) is 0 Å². The van der Waals surface area contributed by atoms with Crippen molar-refractivity contribution in [3.05, 3.63) is 18.2 Å². The first-order valence-corrected chi connectivity index (χ1v) is 14.0. The van der Waals surface area contributed by atoms with Crippen molar-refractivity contribution in [2.45, 2.75) is 77.7 Å². The normalized spacial score (nSPS) is 14.1. The molecule has 0 aromatic heterocycles. The van der Waals surface area contributed by atoms with Crippen LogP contribution in [0.1, 0.15) is 71.6 Å². The second-order valence-corrected chi connectivity index (χ2v) is 10.9. The van der Waals surface area contributed by atoms with Gasteiger partial charge in [0.25, 0.3) is 6.47 Å². The Bertz CT molecular complexity index is 705. The third kappa shape index (κ3) is 12.6. The summed E-state index contributed by atoms with van der Waals surface area (Å²) in [5, 5.41) is 18.6. The molecule has 9 nitrogen and oxygen atoms in total. The number of aromatic hydroxyl groups is 1. The van der Waals surface area contributed by atoms with Crippen molar-refractivity contribution in [2.75, 3.05) is 5.32 Å². The average Bonchev–Trinajstić information content (AvgIpc) is 2.62. The number of phenols is 1. The van der Waals surface area contributed by atoms with Crippen LogP contribution in [-0.4, -0.2) is 51.0 Å². The molecule has 0 spiro atoms. The van der Waals surface area contributed by atoms with E-state index in [4.69, 9.17) is 23.8 Å². The van der Waals surface area contributed by atoms with Gasteiger partial charge in [0, 0.05) is 6.04 Å². The fourth-order valence-electron chi connectivity index (χ4n) is 3.14. The molecule has 1 saturated carbocycles. The summed E-state index contributed by atoms with van der Waals surface area (Å²) in [6, 6.07) is 4.35. The quantitative estimate of drug-likeness (QED) is 0.128. The van der Waals surface area contributed by atoms with E-state index in [0.29, 0.717) is 6.04 Å². The summed E-state index contributed by atoms with van der Waals surface area (Å²) in [6.07, 6.45) is 12.4. The molecule has 1 fully saturated rings. The van der Waals surface area contributed by atoms with Crippen molar-refractivity contribution in [1.29, 1.82) is 0 Å². The van der Waals surface area contributed by atoms with Gasteiger partial charge >= 0.3 is 88.1 Å². The maximum Gasteiger partial charge on any atom is 0.290 e. The Kier molecular flexibility index (Phi) is 15.0. The Hall–Kier alpha value is -1.80. The van der Waals surface area contributed by atoms with Gasteiger partial charge in [0.05, 0.1) is 0 Å². The molecule has 0 aliphatic heterocycles. The molecule has 10 heteroatoms. The van der Waals surface area contributed by atoms with Crippen molar-refractivity contribution < 1.29 is 31.7 Å². The monoisotopic (exact) mass is 504 g/mol. The summed E-state index contributed by atoms with van der Waals surface area (Å²) in [7, 11) is 0. The van der Waals surface area contributed by atoms with Crippen molar-refractivity contribution in [1.82, 2.24) is 0 Å². The molecular formula is C21H37AsN2O7. The zero-order chi connectivity index (χ0) is 23.9. The van der Waals surface area contributed by atoms with Gasteiger partial charge in [0.1, 0.15) is 0 Å². The molecule has 178 valence electrons. The third-order valence-corrected chi connectivity index (χ3v) is 7.11. The van der Waals surface area contributed by atoms with E-state index in [1.807, 2.05) is 0 Å². The van der Waals surface area contributed by atoms with Crippen LogP contribution in [0.3, 0.4) is 0 Å². The minimum Gasteiger partial charge on any atom is -0.483 e. The molecule has 0 heterocycles. The summed E-state index contributed by atoms with van der Waals surface area (Å²) in [6.45, 7) is 3.24. The maximum absolute atomic E-state index is 11.0. The van der Waals surface area contributed by atoms with Gasteiger partial charge in [-0.05, 0) is 25.2 Å². The number of carbonyl (C=O) groups excluding carboxylic acids is 1. The summed E-state index contributed by atoms with van der Waals surface area (Å²) in [5.74, 6) is -0.133. The molecule has 7 N–H and O–H groups in total. The number of benzene rings is 1. The van der Waals surface area contributed by atoms with E-state index in [0.717, 1.165) is 12.0 Å². The van der Waals surface area contributed by atoms with Crippen LogP contribution in [0.5, 0.6) is 5.75 Å². The van der Waals surface area contributed by atoms with E-state index in [1.165, 1.54) is 76.8 Å². The zero-order valence-corrected chi connectivity index (χ0v) is 20.2. The van der Waals surface area contributed by atoms with Gasteiger partial charge in [0.2, 0.25) is 0 Å². The molecule has 1 aromatic carbocycles. The van der Waals surface area contributed by atoms with Gasteiger partial charge in [-0.1, -0.05) is 45.4 Å². The minimum atomic E-state index is -5.15. The fraction of sp³-hybridized carbons (Fsp3) is 0.619. The first-order chi connectivity index (χ1) is 14.6. The van der Waals surface area contributed by atoms with Gasteiger partial charge in [0.15, 0.2) is 0 Å². The van der Waals surface area contributed by atoms with E-state index >= 15 is 0 Å². The number of phenolic OH excluding ortho intramolecular Hbond substituents is 1. The summed E-state index contributed by atoms with van der Waals surface area (Å²) in [4.78, 5) is 19.1. The number of carboxylic acid groups (broad SMARTS) is 1. The Morgan fingerprint density at radius 2 is 1.84 bits per heavy atom. The first-order valence-electron chi connectivity index (χ1n) is 10.6. The van der Waals surface area contributed by atoms with Crippen LogP contribution in [0.15, 0.2) is 18.2 Å². The topological polar surface area (TPSA) is 170 Å². The number of para-hydroxylation sites is 1. The molecule has 1 atom stereocenters. The number of unbranched alkanes of at least 4 members (excludes halogenated alkanes) is 4. The predicted molar refractivity (Wildman–Crippen MR) is 120 cm³/mol. The largest absolute Gasteiger partial charge is 0.483 e. The molecule has 2 rings (SSSR count). The molecule has 0 radical (unpaired) electrons. The third-order valence-electron chi connectivity index (χ3n) is 5.04. The standard InChI is InChI=1S/C12H25N.C8H10AsNO5.CH2O2/c1-2-3-4-5-6-10-12(13)11-8-7-9-11;1-5(11)10-7-4-2-3-6(8(7)12)9(13,14)15;2-1-3/h11-12H,2-10,13H2,1H3;2-4,12H,1H3,(H,10,11)(H2,13,14,15);1H,(H,2,3).